The predicted octanol–water partition coefficient (Wildman–Crippen LogP) is 1.87. The molecule has 138 valence electrons. The Hall–Kier alpha value is -2.70. The molecule has 2 aliphatic rings. The number of aryl methyl sites for hydroxylation is 1. The fraction of sp³-hybridized carbons (Fsp3) is 0.474. The summed E-state index contributed by atoms with van der Waals surface area (Å²) in [4.78, 5) is 49.0. The second-order valence-electron chi connectivity index (χ2n) is 6.81. The van der Waals surface area contributed by atoms with Gasteiger partial charge in [-0.05, 0) is 49.9 Å². The van der Waals surface area contributed by atoms with Crippen molar-refractivity contribution in [2.24, 2.45) is 5.92 Å². The number of fused-ring (bicyclic) bond motifs is 1. The number of ether oxygens (including phenoxy) is 1. The molecule has 7 nitrogen and oxygen atoms in total. The number of benzene rings is 1. The molecular formula is C19H22N2O5. The molecule has 1 aromatic carbocycles. The number of cyclic esters (lactones) is 1. The number of carbonyl (C=O) groups is 4. The molecule has 0 saturated carbocycles. The molecule has 0 unspecified atom stereocenters. The van der Waals surface area contributed by atoms with Crippen LogP contribution in [0.5, 0.6) is 0 Å². The second kappa shape index (κ2) is 7.27. The summed E-state index contributed by atoms with van der Waals surface area (Å²) in [6.45, 7) is 3.47. The van der Waals surface area contributed by atoms with Crippen molar-refractivity contribution in [3.63, 3.8) is 0 Å². The van der Waals surface area contributed by atoms with E-state index in [0.717, 1.165) is 12.0 Å². The number of nitrogens with one attached hydrogen (secondary N) is 1. The molecular weight excluding hydrogens is 336 g/mol. The molecule has 0 spiro atoms. The van der Waals surface area contributed by atoms with Gasteiger partial charge in [-0.15, -0.1) is 0 Å². The topological polar surface area (TPSA) is 92.8 Å². The highest BCUT2D eigenvalue weighted by Gasteiger charge is 2.34. The average molecular weight is 358 g/mol. The Bertz CT molecular complexity index is 773. The zero-order chi connectivity index (χ0) is 18.8. The van der Waals surface area contributed by atoms with Crippen molar-refractivity contribution in [3.8, 4) is 0 Å². The Morgan fingerprint density at radius 1 is 1.27 bits per heavy atom. The Labute approximate surface area is 151 Å². The van der Waals surface area contributed by atoms with Crippen molar-refractivity contribution in [2.45, 2.75) is 39.2 Å². The van der Waals surface area contributed by atoms with E-state index in [-0.39, 0.29) is 24.0 Å². The Kier molecular flexibility index (Phi) is 5.06. The summed E-state index contributed by atoms with van der Waals surface area (Å²) in [5, 5.41) is 2.64. The minimum atomic E-state index is -0.569. The minimum Gasteiger partial charge on any atom is -0.442 e. The molecule has 0 bridgehead atoms. The summed E-state index contributed by atoms with van der Waals surface area (Å²) in [6.07, 6.45) is 1.12. The highest BCUT2D eigenvalue weighted by molar-refractivity contribution is 6.11. The van der Waals surface area contributed by atoms with Crippen molar-refractivity contribution in [1.29, 1.82) is 0 Å². The van der Waals surface area contributed by atoms with Crippen LogP contribution in [0.4, 0.5) is 10.5 Å². The first-order valence-corrected chi connectivity index (χ1v) is 8.77. The summed E-state index contributed by atoms with van der Waals surface area (Å²) in [6, 6.07) is 5.24. The van der Waals surface area contributed by atoms with Crippen LogP contribution >= 0.6 is 0 Å². The number of ketones is 2. The van der Waals surface area contributed by atoms with Crippen LogP contribution in [0.1, 0.15) is 42.6 Å². The molecule has 1 aliphatic carbocycles. The first kappa shape index (κ1) is 18.1. The first-order valence-electron chi connectivity index (χ1n) is 8.77. The van der Waals surface area contributed by atoms with Crippen molar-refractivity contribution in [2.75, 3.05) is 18.0 Å². The summed E-state index contributed by atoms with van der Waals surface area (Å²) in [5.74, 6) is -0.983. The quantitative estimate of drug-likeness (QED) is 0.655. The lowest BCUT2D eigenvalue weighted by Gasteiger charge is -2.16. The van der Waals surface area contributed by atoms with Crippen molar-refractivity contribution < 1.29 is 23.9 Å². The maximum Gasteiger partial charge on any atom is 0.414 e. The Morgan fingerprint density at radius 3 is 2.73 bits per heavy atom. The number of hydrogen-bond donors (Lipinski definition) is 1. The highest BCUT2D eigenvalue weighted by Crippen LogP contribution is 2.30. The van der Waals surface area contributed by atoms with Gasteiger partial charge < -0.3 is 10.1 Å². The fourth-order valence-electron chi connectivity index (χ4n) is 3.49. The fourth-order valence-corrected chi connectivity index (χ4v) is 3.49. The van der Waals surface area contributed by atoms with Gasteiger partial charge in [-0.2, -0.15) is 0 Å². The van der Waals surface area contributed by atoms with Crippen LogP contribution in [-0.2, 0) is 20.7 Å². The molecule has 7 heteroatoms. The lowest BCUT2D eigenvalue weighted by atomic mass is 9.92. The Morgan fingerprint density at radius 2 is 2.04 bits per heavy atom. The molecule has 2 atom stereocenters. The van der Waals surface area contributed by atoms with Gasteiger partial charge in [0.2, 0.25) is 5.91 Å². The highest BCUT2D eigenvalue weighted by atomic mass is 16.6. The van der Waals surface area contributed by atoms with Gasteiger partial charge in [0, 0.05) is 18.2 Å². The maximum absolute atomic E-state index is 12.6. The number of Topliss-reactive ketones (excluding diaryl/α,β-unsaturated/α-hetero) is 2. The normalized spacial score (nSPS) is 22.5. The largest absolute Gasteiger partial charge is 0.442 e. The predicted molar refractivity (Wildman–Crippen MR) is 94.2 cm³/mol. The molecule has 1 aromatic rings. The number of amides is 2. The number of rotatable bonds is 4. The number of anilines is 1. The average Bonchev–Trinajstić information content (AvgIpc) is 2.87. The molecule has 1 heterocycles. The van der Waals surface area contributed by atoms with Gasteiger partial charge in [0.1, 0.15) is 11.9 Å². The van der Waals surface area contributed by atoms with E-state index in [1.54, 1.807) is 12.1 Å². The summed E-state index contributed by atoms with van der Waals surface area (Å²) < 4.78 is 5.28. The van der Waals surface area contributed by atoms with E-state index >= 15 is 0 Å². The van der Waals surface area contributed by atoms with Crippen molar-refractivity contribution in [1.82, 2.24) is 5.32 Å². The van der Waals surface area contributed by atoms with Gasteiger partial charge in [0.25, 0.3) is 0 Å². The van der Waals surface area contributed by atoms with Crippen LogP contribution < -0.4 is 10.2 Å². The van der Waals surface area contributed by atoms with Gasteiger partial charge in [-0.1, -0.05) is 0 Å². The lowest BCUT2D eigenvalue weighted by Crippen LogP contribution is -2.33. The zero-order valence-corrected chi connectivity index (χ0v) is 14.9. The summed E-state index contributed by atoms with van der Waals surface area (Å²) >= 11 is 0. The van der Waals surface area contributed by atoms with Crippen LogP contribution in [0.15, 0.2) is 18.2 Å². The molecule has 2 amide bonds. The molecule has 0 aromatic heterocycles. The third-order valence-corrected chi connectivity index (χ3v) is 4.86. The smallest absolute Gasteiger partial charge is 0.414 e. The summed E-state index contributed by atoms with van der Waals surface area (Å²) in [5.41, 5.74) is 2.08. The third kappa shape index (κ3) is 3.61. The van der Waals surface area contributed by atoms with Crippen LogP contribution in [0.2, 0.25) is 0 Å². The zero-order valence-electron chi connectivity index (χ0n) is 14.9. The molecule has 0 radical (unpaired) electrons. The van der Waals surface area contributed by atoms with E-state index in [1.807, 2.05) is 6.07 Å². The van der Waals surface area contributed by atoms with Crippen LogP contribution in [0.3, 0.4) is 0 Å². The van der Waals surface area contributed by atoms with E-state index in [9.17, 15) is 19.2 Å². The SMILES string of the molecule is CC(=O)NC[C@H]1CN(c2ccc3c(c2)CCC[C@H](C(C)=O)C3=O)C(=O)O1. The van der Waals surface area contributed by atoms with E-state index in [1.165, 1.54) is 18.7 Å². The number of nitrogens with zero attached hydrogens (tertiary/aromatic N) is 1. The van der Waals surface area contributed by atoms with Gasteiger partial charge in [0.15, 0.2) is 5.78 Å². The molecule has 1 fully saturated rings. The minimum absolute atomic E-state index is 0.101. The van der Waals surface area contributed by atoms with E-state index in [0.29, 0.717) is 30.6 Å². The Balaban J connectivity index is 1.80. The molecule has 26 heavy (non-hydrogen) atoms. The number of hydrogen-bond acceptors (Lipinski definition) is 5. The first-order chi connectivity index (χ1) is 12.4. The van der Waals surface area contributed by atoms with Crippen LogP contribution in [0.25, 0.3) is 0 Å². The van der Waals surface area contributed by atoms with Crippen LogP contribution in [-0.4, -0.2) is 42.8 Å². The second-order valence-corrected chi connectivity index (χ2v) is 6.81. The third-order valence-electron chi connectivity index (χ3n) is 4.86. The molecule has 1 saturated heterocycles. The molecule has 3 rings (SSSR count). The van der Waals surface area contributed by atoms with E-state index in [4.69, 9.17) is 4.74 Å². The lowest BCUT2D eigenvalue weighted by molar-refractivity contribution is -0.120. The van der Waals surface area contributed by atoms with Crippen LogP contribution in [0, 0.1) is 5.92 Å². The van der Waals surface area contributed by atoms with Gasteiger partial charge in [-0.25, -0.2) is 4.79 Å². The monoisotopic (exact) mass is 358 g/mol. The van der Waals surface area contributed by atoms with E-state index < -0.39 is 18.1 Å². The van der Waals surface area contributed by atoms with E-state index in [2.05, 4.69) is 5.32 Å². The van der Waals surface area contributed by atoms with Crippen molar-refractivity contribution in [3.05, 3.63) is 29.3 Å². The van der Waals surface area contributed by atoms with Gasteiger partial charge in [-0.3, -0.25) is 19.3 Å². The summed E-state index contributed by atoms with van der Waals surface area (Å²) in [7, 11) is 0. The molecule has 1 N–H and O–H groups in total. The van der Waals surface area contributed by atoms with Gasteiger partial charge >= 0.3 is 6.09 Å². The molecule has 1 aliphatic heterocycles. The van der Waals surface area contributed by atoms with Gasteiger partial charge in [0.05, 0.1) is 19.0 Å². The standard InChI is InChI=1S/C19H22N2O5/c1-11(22)16-5-3-4-13-8-14(6-7-17(13)18(16)24)21-10-15(26-19(21)25)9-20-12(2)23/h6-8,15-16H,3-5,9-10H2,1-2H3,(H,20,23)/t15-,16+/m0/s1. The maximum atomic E-state index is 12.6. The van der Waals surface area contributed by atoms with Crippen molar-refractivity contribution >= 4 is 29.3 Å². The number of carbonyl (C=O) groups excluding carboxylic acids is 4.